The van der Waals surface area contributed by atoms with E-state index in [2.05, 4.69) is 15.9 Å². The monoisotopic (exact) mass is 349 g/mol. The normalized spacial score (nSPS) is 14.1. The van der Waals surface area contributed by atoms with Crippen molar-refractivity contribution in [3.05, 3.63) is 58.3 Å². The lowest BCUT2D eigenvalue weighted by atomic mass is 10.1. The van der Waals surface area contributed by atoms with E-state index in [1.807, 2.05) is 24.3 Å². The lowest BCUT2D eigenvalue weighted by Crippen LogP contribution is -2.32. The van der Waals surface area contributed by atoms with Gasteiger partial charge in [-0.2, -0.15) is 0 Å². The number of rotatable bonds is 1. The highest BCUT2D eigenvalue weighted by Gasteiger charge is 2.25. The van der Waals surface area contributed by atoms with Crippen molar-refractivity contribution in [2.45, 2.75) is 6.42 Å². The molecule has 0 radical (unpaired) electrons. The minimum absolute atomic E-state index is 0.0566. The van der Waals surface area contributed by atoms with Gasteiger partial charge >= 0.3 is 0 Å². The van der Waals surface area contributed by atoms with Crippen molar-refractivity contribution in [2.75, 3.05) is 18.1 Å². The van der Waals surface area contributed by atoms with Crippen molar-refractivity contribution in [2.24, 2.45) is 0 Å². The molecule has 2 aromatic carbocycles. The number of anilines is 1. The van der Waals surface area contributed by atoms with E-state index >= 15 is 0 Å². The van der Waals surface area contributed by atoms with Crippen LogP contribution < -0.4 is 9.64 Å². The summed E-state index contributed by atoms with van der Waals surface area (Å²) in [5, 5.41) is 0. The molecular formula is C16H13BrFNO2. The summed E-state index contributed by atoms with van der Waals surface area (Å²) in [4.78, 5) is 14.3. The van der Waals surface area contributed by atoms with Crippen LogP contribution in [0.2, 0.25) is 0 Å². The molecule has 0 fully saturated rings. The molecular weight excluding hydrogens is 337 g/mol. The molecule has 1 aliphatic heterocycles. The fourth-order valence-electron chi connectivity index (χ4n) is 2.35. The van der Waals surface area contributed by atoms with Crippen molar-refractivity contribution in [3.8, 4) is 5.75 Å². The standard InChI is InChI=1S/C16H13BrFNO2/c17-12-6-3-5-11(15(12)18)16(20)19-9-4-10-21-14-8-2-1-7-13(14)19/h1-3,5-8H,4,9-10H2. The smallest absolute Gasteiger partial charge is 0.261 e. The molecule has 0 aromatic heterocycles. The van der Waals surface area contributed by atoms with Gasteiger partial charge in [0, 0.05) is 6.54 Å². The fourth-order valence-corrected chi connectivity index (χ4v) is 2.72. The molecule has 0 spiro atoms. The second-order valence-electron chi connectivity index (χ2n) is 4.73. The third-order valence-electron chi connectivity index (χ3n) is 3.37. The van der Waals surface area contributed by atoms with Gasteiger partial charge in [-0.15, -0.1) is 0 Å². The molecule has 0 aliphatic carbocycles. The van der Waals surface area contributed by atoms with Crippen LogP contribution in [0.25, 0.3) is 0 Å². The van der Waals surface area contributed by atoms with Gasteiger partial charge < -0.3 is 9.64 Å². The number of hydrogen-bond acceptors (Lipinski definition) is 2. The van der Waals surface area contributed by atoms with E-state index in [1.165, 1.54) is 6.07 Å². The summed E-state index contributed by atoms with van der Waals surface area (Å²) < 4.78 is 20.1. The number of carbonyl (C=O) groups excluding carboxylic acids is 1. The van der Waals surface area contributed by atoms with Gasteiger partial charge in [0.25, 0.3) is 5.91 Å². The van der Waals surface area contributed by atoms with Gasteiger partial charge in [-0.25, -0.2) is 4.39 Å². The molecule has 1 aliphatic rings. The average Bonchev–Trinajstić information content (AvgIpc) is 2.72. The largest absolute Gasteiger partial charge is 0.491 e. The maximum Gasteiger partial charge on any atom is 0.261 e. The predicted molar refractivity (Wildman–Crippen MR) is 82.3 cm³/mol. The number of nitrogens with zero attached hydrogens (tertiary/aromatic N) is 1. The van der Waals surface area contributed by atoms with Crippen LogP contribution in [-0.2, 0) is 0 Å². The van der Waals surface area contributed by atoms with Crippen LogP contribution in [0.1, 0.15) is 16.8 Å². The molecule has 3 rings (SSSR count). The zero-order chi connectivity index (χ0) is 14.8. The Morgan fingerprint density at radius 3 is 2.86 bits per heavy atom. The summed E-state index contributed by atoms with van der Waals surface area (Å²) in [6, 6.07) is 12.0. The third-order valence-corrected chi connectivity index (χ3v) is 3.98. The third kappa shape index (κ3) is 2.65. The molecule has 0 N–H and O–H groups in total. The zero-order valence-electron chi connectivity index (χ0n) is 11.2. The van der Waals surface area contributed by atoms with Crippen molar-refractivity contribution >= 4 is 27.5 Å². The highest BCUT2D eigenvalue weighted by molar-refractivity contribution is 9.10. The van der Waals surface area contributed by atoms with Crippen LogP contribution in [-0.4, -0.2) is 19.1 Å². The number of hydrogen-bond donors (Lipinski definition) is 0. The van der Waals surface area contributed by atoms with E-state index in [-0.39, 0.29) is 15.9 Å². The molecule has 1 heterocycles. The molecule has 5 heteroatoms. The number of amides is 1. The van der Waals surface area contributed by atoms with Crippen LogP contribution in [0, 0.1) is 5.82 Å². The van der Waals surface area contributed by atoms with E-state index in [9.17, 15) is 9.18 Å². The highest BCUT2D eigenvalue weighted by atomic mass is 79.9. The Labute approximate surface area is 130 Å². The molecule has 0 bridgehead atoms. The number of para-hydroxylation sites is 2. The van der Waals surface area contributed by atoms with E-state index in [4.69, 9.17) is 4.74 Å². The van der Waals surface area contributed by atoms with Crippen molar-refractivity contribution in [3.63, 3.8) is 0 Å². The molecule has 21 heavy (non-hydrogen) atoms. The number of carbonyl (C=O) groups is 1. The molecule has 0 saturated carbocycles. The van der Waals surface area contributed by atoms with Crippen LogP contribution in [0.15, 0.2) is 46.9 Å². The average molecular weight is 350 g/mol. The molecule has 1 amide bonds. The topological polar surface area (TPSA) is 29.5 Å². The van der Waals surface area contributed by atoms with Crippen LogP contribution in [0.5, 0.6) is 5.75 Å². The van der Waals surface area contributed by atoms with Crippen molar-refractivity contribution in [1.29, 1.82) is 0 Å². The maximum absolute atomic E-state index is 14.2. The van der Waals surface area contributed by atoms with Gasteiger partial charge in [-0.1, -0.05) is 18.2 Å². The van der Waals surface area contributed by atoms with Gasteiger partial charge in [0.2, 0.25) is 0 Å². The molecule has 0 unspecified atom stereocenters. The summed E-state index contributed by atoms with van der Waals surface area (Å²) >= 11 is 3.12. The van der Waals surface area contributed by atoms with E-state index in [0.29, 0.717) is 31.0 Å². The Morgan fingerprint density at radius 2 is 2.00 bits per heavy atom. The van der Waals surface area contributed by atoms with E-state index < -0.39 is 5.82 Å². The van der Waals surface area contributed by atoms with Gasteiger partial charge in [0.1, 0.15) is 11.6 Å². The first-order valence-electron chi connectivity index (χ1n) is 6.66. The number of halogens is 2. The Kier molecular flexibility index (Phi) is 3.92. The van der Waals surface area contributed by atoms with E-state index in [1.54, 1.807) is 17.0 Å². The van der Waals surface area contributed by atoms with Crippen molar-refractivity contribution < 1.29 is 13.9 Å². The lowest BCUT2D eigenvalue weighted by Gasteiger charge is -2.22. The number of ether oxygens (including phenoxy) is 1. The Hall–Kier alpha value is -1.88. The quantitative estimate of drug-likeness (QED) is 0.778. The molecule has 108 valence electrons. The van der Waals surface area contributed by atoms with Crippen LogP contribution in [0.4, 0.5) is 10.1 Å². The maximum atomic E-state index is 14.2. The summed E-state index contributed by atoms with van der Waals surface area (Å²) in [5.74, 6) is -0.240. The lowest BCUT2D eigenvalue weighted by molar-refractivity contribution is 0.0983. The van der Waals surface area contributed by atoms with Gasteiger partial charge in [-0.3, -0.25) is 4.79 Å². The summed E-state index contributed by atoms with van der Waals surface area (Å²) in [6.45, 7) is 1.05. The number of fused-ring (bicyclic) bond motifs is 1. The Bertz CT molecular complexity index is 690. The molecule has 2 aromatic rings. The molecule has 0 atom stereocenters. The summed E-state index contributed by atoms with van der Waals surface area (Å²) in [7, 11) is 0. The highest BCUT2D eigenvalue weighted by Crippen LogP contribution is 2.32. The second kappa shape index (κ2) is 5.85. The first-order valence-corrected chi connectivity index (χ1v) is 7.45. The predicted octanol–water partition coefficient (Wildman–Crippen LogP) is 4.02. The zero-order valence-corrected chi connectivity index (χ0v) is 12.8. The summed E-state index contributed by atoms with van der Waals surface area (Å²) in [6.07, 6.45) is 0.704. The van der Waals surface area contributed by atoms with Gasteiger partial charge in [-0.05, 0) is 46.6 Å². The Balaban J connectivity index is 2.03. The van der Waals surface area contributed by atoms with Gasteiger partial charge in [0.05, 0.1) is 22.3 Å². The molecule has 0 saturated heterocycles. The summed E-state index contributed by atoms with van der Waals surface area (Å²) in [5.41, 5.74) is 0.737. The SMILES string of the molecule is O=C(c1cccc(Br)c1F)N1CCCOc2ccccc21. The first kappa shape index (κ1) is 14.1. The van der Waals surface area contributed by atoms with E-state index in [0.717, 1.165) is 0 Å². The minimum Gasteiger partial charge on any atom is -0.491 e. The fraction of sp³-hybridized carbons (Fsp3) is 0.188. The molecule has 3 nitrogen and oxygen atoms in total. The van der Waals surface area contributed by atoms with Crippen LogP contribution in [0.3, 0.4) is 0 Å². The number of benzene rings is 2. The van der Waals surface area contributed by atoms with Crippen LogP contribution >= 0.6 is 15.9 Å². The van der Waals surface area contributed by atoms with Crippen molar-refractivity contribution in [1.82, 2.24) is 0 Å². The minimum atomic E-state index is -0.537. The Morgan fingerprint density at radius 1 is 1.19 bits per heavy atom. The van der Waals surface area contributed by atoms with Gasteiger partial charge in [0.15, 0.2) is 0 Å². The second-order valence-corrected chi connectivity index (χ2v) is 5.58. The first-order chi connectivity index (χ1) is 10.2.